The van der Waals surface area contributed by atoms with Gasteiger partial charge in [-0.25, -0.2) is 4.79 Å². The molecule has 0 bridgehead atoms. The predicted molar refractivity (Wildman–Crippen MR) is 85.7 cm³/mol. The third-order valence-corrected chi connectivity index (χ3v) is 3.33. The van der Waals surface area contributed by atoms with E-state index in [0.717, 1.165) is 25.9 Å². The van der Waals surface area contributed by atoms with Gasteiger partial charge in [0.1, 0.15) is 6.61 Å². The Bertz CT molecular complexity index is 384. The minimum absolute atomic E-state index is 0.271. The summed E-state index contributed by atoms with van der Waals surface area (Å²) in [6.07, 6.45) is 6.93. The number of ether oxygens (including phenoxy) is 2. The fourth-order valence-electron chi connectivity index (χ4n) is 2.11. The number of hydrogen-bond acceptors (Lipinski definition) is 3. The molecule has 0 fully saturated rings. The van der Waals surface area contributed by atoms with Crippen LogP contribution in [0.1, 0.15) is 61.9 Å². The van der Waals surface area contributed by atoms with Gasteiger partial charge in [0, 0.05) is 6.61 Å². The van der Waals surface area contributed by atoms with Crippen molar-refractivity contribution in [1.82, 2.24) is 0 Å². The maximum absolute atomic E-state index is 11.8. The summed E-state index contributed by atoms with van der Waals surface area (Å²) in [4.78, 5) is 11.8. The van der Waals surface area contributed by atoms with Crippen molar-refractivity contribution in [3.63, 3.8) is 0 Å². The smallest absolute Gasteiger partial charge is 0.338 e. The summed E-state index contributed by atoms with van der Waals surface area (Å²) in [6.45, 7) is 5.89. The van der Waals surface area contributed by atoms with Crippen molar-refractivity contribution in [2.24, 2.45) is 0 Å². The number of benzene rings is 1. The number of esters is 1. The predicted octanol–water partition coefficient (Wildman–Crippen LogP) is 4.39. The highest BCUT2D eigenvalue weighted by molar-refractivity contribution is 5.89. The van der Waals surface area contributed by atoms with Crippen LogP contribution in [0, 0.1) is 0 Å². The van der Waals surface area contributed by atoms with Crippen LogP contribution in [0.15, 0.2) is 24.3 Å². The molecule has 0 unspecified atom stereocenters. The number of rotatable bonds is 11. The van der Waals surface area contributed by atoms with E-state index in [0.29, 0.717) is 18.8 Å². The molecular weight excluding hydrogens is 264 g/mol. The largest absolute Gasteiger partial charge is 0.460 e. The molecule has 0 radical (unpaired) electrons. The van der Waals surface area contributed by atoms with Gasteiger partial charge in [0.25, 0.3) is 0 Å². The highest BCUT2D eigenvalue weighted by Crippen LogP contribution is 2.08. The van der Waals surface area contributed by atoms with E-state index in [1.165, 1.54) is 24.8 Å². The molecule has 0 aliphatic carbocycles. The molecule has 3 nitrogen and oxygen atoms in total. The van der Waals surface area contributed by atoms with Crippen LogP contribution >= 0.6 is 0 Å². The maximum Gasteiger partial charge on any atom is 0.338 e. The van der Waals surface area contributed by atoms with E-state index < -0.39 is 0 Å². The molecule has 3 heteroatoms. The molecule has 118 valence electrons. The zero-order valence-corrected chi connectivity index (χ0v) is 13.4. The third-order valence-electron chi connectivity index (χ3n) is 3.33. The van der Waals surface area contributed by atoms with E-state index >= 15 is 0 Å². The molecule has 0 heterocycles. The normalized spacial score (nSPS) is 10.6. The van der Waals surface area contributed by atoms with Crippen LogP contribution in [0.5, 0.6) is 0 Å². The van der Waals surface area contributed by atoms with Crippen molar-refractivity contribution in [3.8, 4) is 0 Å². The van der Waals surface area contributed by atoms with E-state index in [1.807, 2.05) is 24.3 Å². The second-order valence-electron chi connectivity index (χ2n) is 5.26. The van der Waals surface area contributed by atoms with E-state index in [-0.39, 0.29) is 5.97 Å². The van der Waals surface area contributed by atoms with Crippen molar-refractivity contribution >= 4 is 5.97 Å². The van der Waals surface area contributed by atoms with Gasteiger partial charge in [0.2, 0.25) is 0 Å². The second-order valence-corrected chi connectivity index (χ2v) is 5.26. The summed E-state index contributed by atoms with van der Waals surface area (Å²) in [7, 11) is 0. The molecule has 0 atom stereocenters. The fraction of sp³-hybridized carbons (Fsp3) is 0.611. The minimum Gasteiger partial charge on any atom is -0.460 e. The third kappa shape index (κ3) is 7.86. The van der Waals surface area contributed by atoms with Crippen LogP contribution in [0.2, 0.25) is 0 Å². The fourth-order valence-corrected chi connectivity index (χ4v) is 2.11. The van der Waals surface area contributed by atoms with Gasteiger partial charge in [-0.3, -0.25) is 0 Å². The number of hydrogen-bond donors (Lipinski definition) is 0. The second kappa shape index (κ2) is 11.3. The van der Waals surface area contributed by atoms with Crippen molar-refractivity contribution < 1.29 is 14.3 Å². The first-order chi connectivity index (χ1) is 10.3. The Morgan fingerprint density at radius 1 is 0.905 bits per heavy atom. The van der Waals surface area contributed by atoms with E-state index in [4.69, 9.17) is 9.47 Å². The minimum atomic E-state index is -0.271. The molecule has 0 aliphatic heterocycles. The lowest BCUT2D eigenvalue weighted by molar-refractivity contribution is 0.0312. The molecule has 0 saturated heterocycles. The van der Waals surface area contributed by atoms with Crippen LogP contribution in [-0.4, -0.2) is 25.8 Å². The van der Waals surface area contributed by atoms with Gasteiger partial charge in [-0.15, -0.1) is 0 Å². The van der Waals surface area contributed by atoms with Crippen LogP contribution in [0.4, 0.5) is 0 Å². The van der Waals surface area contributed by atoms with Gasteiger partial charge < -0.3 is 9.47 Å². The van der Waals surface area contributed by atoms with Crippen LogP contribution in [0.25, 0.3) is 0 Å². The lowest BCUT2D eigenvalue weighted by atomic mass is 10.1. The average molecular weight is 292 g/mol. The number of unbranched alkanes of at least 4 members (excludes halogenated alkanes) is 3. The Morgan fingerprint density at radius 2 is 1.67 bits per heavy atom. The van der Waals surface area contributed by atoms with Gasteiger partial charge in [0.05, 0.1) is 12.2 Å². The highest BCUT2D eigenvalue weighted by Gasteiger charge is 2.06. The number of aryl methyl sites for hydroxylation is 1. The average Bonchev–Trinajstić information content (AvgIpc) is 2.51. The molecule has 0 aromatic heterocycles. The molecule has 0 amide bonds. The first kappa shape index (κ1) is 17.7. The van der Waals surface area contributed by atoms with E-state index in [2.05, 4.69) is 13.8 Å². The summed E-state index contributed by atoms with van der Waals surface area (Å²) in [5, 5.41) is 0. The lowest BCUT2D eigenvalue weighted by Gasteiger charge is -2.07. The Kier molecular flexibility index (Phi) is 9.55. The SMILES string of the molecule is CCCCCCOCCOC(=O)c1ccc(CCC)cc1. The van der Waals surface area contributed by atoms with Gasteiger partial charge in [-0.2, -0.15) is 0 Å². The molecule has 0 spiro atoms. The Morgan fingerprint density at radius 3 is 2.33 bits per heavy atom. The van der Waals surface area contributed by atoms with Crippen molar-refractivity contribution in [1.29, 1.82) is 0 Å². The Labute approximate surface area is 128 Å². The zero-order valence-electron chi connectivity index (χ0n) is 13.4. The number of carbonyl (C=O) groups is 1. The molecule has 1 rings (SSSR count). The molecule has 0 saturated carbocycles. The summed E-state index contributed by atoms with van der Waals surface area (Å²) in [6, 6.07) is 7.65. The van der Waals surface area contributed by atoms with Gasteiger partial charge in [-0.05, 0) is 30.5 Å². The molecule has 0 aliphatic rings. The Hall–Kier alpha value is -1.35. The topological polar surface area (TPSA) is 35.5 Å². The van der Waals surface area contributed by atoms with Crippen LogP contribution in [0.3, 0.4) is 0 Å². The first-order valence-corrected chi connectivity index (χ1v) is 8.11. The lowest BCUT2D eigenvalue weighted by Crippen LogP contribution is -2.11. The first-order valence-electron chi connectivity index (χ1n) is 8.11. The standard InChI is InChI=1S/C18H28O3/c1-3-5-6-7-13-20-14-15-21-18(19)17-11-9-16(8-4-2)10-12-17/h9-12H,3-8,13-15H2,1-2H3. The quantitative estimate of drug-likeness (QED) is 0.448. The summed E-state index contributed by atoms with van der Waals surface area (Å²) < 4.78 is 10.6. The van der Waals surface area contributed by atoms with Crippen molar-refractivity contribution in [2.75, 3.05) is 19.8 Å². The monoisotopic (exact) mass is 292 g/mol. The maximum atomic E-state index is 11.8. The Balaban J connectivity index is 2.13. The van der Waals surface area contributed by atoms with Crippen molar-refractivity contribution in [3.05, 3.63) is 35.4 Å². The van der Waals surface area contributed by atoms with Crippen LogP contribution < -0.4 is 0 Å². The molecule has 0 N–H and O–H groups in total. The van der Waals surface area contributed by atoms with Gasteiger partial charge >= 0.3 is 5.97 Å². The molecule has 1 aromatic carbocycles. The zero-order chi connectivity index (χ0) is 15.3. The van der Waals surface area contributed by atoms with Crippen molar-refractivity contribution in [2.45, 2.75) is 52.4 Å². The van der Waals surface area contributed by atoms with Gasteiger partial charge in [0.15, 0.2) is 0 Å². The van der Waals surface area contributed by atoms with E-state index in [9.17, 15) is 4.79 Å². The summed E-state index contributed by atoms with van der Waals surface area (Å²) >= 11 is 0. The number of carbonyl (C=O) groups excluding carboxylic acids is 1. The molecule has 21 heavy (non-hydrogen) atoms. The highest BCUT2D eigenvalue weighted by atomic mass is 16.6. The molecular formula is C18H28O3. The van der Waals surface area contributed by atoms with E-state index in [1.54, 1.807) is 0 Å². The van der Waals surface area contributed by atoms with Gasteiger partial charge in [-0.1, -0.05) is 51.7 Å². The molecule has 1 aromatic rings. The summed E-state index contributed by atoms with van der Waals surface area (Å²) in [5.41, 5.74) is 1.86. The van der Waals surface area contributed by atoms with Crippen LogP contribution in [-0.2, 0) is 15.9 Å². The summed E-state index contributed by atoms with van der Waals surface area (Å²) in [5.74, 6) is -0.271.